The molecule has 0 bridgehead atoms. The molecule has 0 aromatic heterocycles. The van der Waals surface area contributed by atoms with E-state index >= 15 is 0 Å². The van der Waals surface area contributed by atoms with Crippen molar-refractivity contribution in [1.82, 2.24) is 10.6 Å². The van der Waals surface area contributed by atoms with Crippen LogP contribution in [0.25, 0.3) is 0 Å². The third-order valence-electron chi connectivity index (χ3n) is 4.33. The van der Waals surface area contributed by atoms with Gasteiger partial charge in [0, 0.05) is 21.3 Å². The summed E-state index contributed by atoms with van der Waals surface area (Å²) in [6.45, 7) is 1.87. The fraction of sp³-hybridized carbons (Fsp3) is 0.200. The molecule has 0 spiro atoms. The second kappa shape index (κ2) is 8.54. The Balaban J connectivity index is 1.79. The zero-order chi connectivity index (χ0) is 20.3. The smallest absolute Gasteiger partial charge is 0.337 e. The first-order chi connectivity index (χ1) is 13.4. The van der Waals surface area contributed by atoms with Crippen LogP contribution in [-0.2, 0) is 16.1 Å². The molecule has 2 N–H and O–H groups in total. The van der Waals surface area contributed by atoms with Crippen LogP contribution in [0.15, 0.2) is 53.7 Å². The molecule has 6 nitrogen and oxygen atoms in total. The minimum atomic E-state index is -0.617. The molecule has 1 heterocycles. The van der Waals surface area contributed by atoms with E-state index in [2.05, 4.69) is 10.6 Å². The molecule has 0 fully saturated rings. The van der Waals surface area contributed by atoms with Gasteiger partial charge in [0.15, 0.2) is 0 Å². The van der Waals surface area contributed by atoms with Crippen molar-refractivity contribution in [2.75, 3.05) is 7.11 Å². The maximum atomic E-state index is 12.1. The van der Waals surface area contributed by atoms with E-state index in [0.717, 1.165) is 5.56 Å². The first kappa shape index (κ1) is 20.0. The summed E-state index contributed by atoms with van der Waals surface area (Å²) in [5.74, 6) is 0.0870. The Bertz CT molecular complexity index is 921. The highest BCUT2D eigenvalue weighted by Crippen LogP contribution is 2.30. The van der Waals surface area contributed by atoms with Crippen molar-refractivity contribution in [3.63, 3.8) is 0 Å². The van der Waals surface area contributed by atoms with Crippen molar-refractivity contribution < 1.29 is 19.1 Å². The SMILES string of the molecule is COC(=O)C1=C(C)NC(=O)NC1c1ccc(OCc2c(Cl)cccc2Cl)cc1. The Hall–Kier alpha value is -2.70. The molecule has 0 aliphatic carbocycles. The summed E-state index contributed by atoms with van der Waals surface area (Å²) in [4.78, 5) is 24.0. The standard InChI is InChI=1S/C20H18Cl2N2O4/c1-11-17(19(25)27-2)18(24-20(26)23-11)12-6-8-13(9-7-12)28-10-14-15(21)4-3-5-16(14)22/h3-9,18H,10H2,1-2H3,(H2,23,24,26). The van der Waals surface area contributed by atoms with Crippen molar-refractivity contribution in [2.45, 2.75) is 19.6 Å². The molecule has 146 valence electrons. The number of ether oxygens (including phenoxy) is 2. The average Bonchev–Trinajstić information content (AvgIpc) is 2.67. The van der Waals surface area contributed by atoms with Gasteiger partial charge in [-0.1, -0.05) is 41.4 Å². The van der Waals surface area contributed by atoms with Crippen LogP contribution in [0.3, 0.4) is 0 Å². The topological polar surface area (TPSA) is 76.7 Å². The number of urea groups is 1. The highest BCUT2D eigenvalue weighted by Gasteiger charge is 2.31. The number of esters is 1. The zero-order valence-electron chi connectivity index (χ0n) is 15.2. The number of benzene rings is 2. The molecular formula is C20H18Cl2N2O4. The fourth-order valence-electron chi connectivity index (χ4n) is 2.91. The van der Waals surface area contributed by atoms with Crippen LogP contribution in [0.5, 0.6) is 5.75 Å². The highest BCUT2D eigenvalue weighted by atomic mass is 35.5. The first-order valence-electron chi connectivity index (χ1n) is 8.43. The lowest BCUT2D eigenvalue weighted by Crippen LogP contribution is -2.45. The number of rotatable bonds is 5. The normalized spacial score (nSPS) is 16.3. The van der Waals surface area contributed by atoms with Crippen molar-refractivity contribution in [3.8, 4) is 5.75 Å². The fourth-order valence-corrected chi connectivity index (χ4v) is 3.41. The van der Waals surface area contributed by atoms with Crippen molar-refractivity contribution in [3.05, 3.63) is 74.9 Å². The predicted octanol–water partition coefficient (Wildman–Crippen LogP) is 4.37. The van der Waals surface area contributed by atoms with Crippen LogP contribution < -0.4 is 15.4 Å². The van der Waals surface area contributed by atoms with Crippen LogP contribution in [-0.4, -0.2) is 19.1 Å². The third-order valence-corrected chi connectivity index (χ3v) is 5.04. The van der Waals surface area contributed by atoms with Gasteiger partial charge < -0.3 is 20.1 Å². The van der Waals surface area contributed by atoms with Gasteiger partial charge in [0.25, 0.3) is 0 Å². The molecule has 2 amide bonds. The minimum Gasteiger partial charge on any atom is -0.489 e. The minimum absolute atomic E-state index is 0.217. The maximum Gasteiger partial charge on any atom is 0.337 e. The van der Waals surface area contributed by atoms with Crippen LogP contribution in [0.4, 0.5) is 4.79 Å². The van der Waals surface area contributed by atoms with Crippen LogP contribution in [0.2, 0.25) is 10.0 Å². The molecule has 1 aliphatic rings. The van der Waals surface area contributed by atoms with E-state index in [1.54, 1.807) is 49.4 Å². The summed E-state index contributed by atoms with van der Waals surface area (Å²) in [5.41, 5.74) is 2.22. The molecule has 0 saturated heterocycles. The van der Waals surface area contributed by atoms with Crippen LogP contribution >= 0.6 is 23.2 Å². The van der Waals surface area contributed by atoms with Crippen molar-refractivity contribution in [2.24, 2.45) is 0 Å². The Morgan fingerprint density at radius 1 is 1.11 bits per heavy atom. The van der Waals surface area contributed by atoms with E-state index in [9.17, 15) is 9.59 Å². The number of carbonyl (C=O) groups excluding carboxylic acids is 2. The average molecular weight is 421 g/mol. The van der Waals surface area contributed by atoms with Gasteiger partial charge in [0.2, 0.25) is 0 Å². The molecule has 2 aromatic carbocycles. The molecule has 1 unspecified atom stereocenters. The largest absolute Gasteiger partial charge is 0.489 e. The summed E-state index contributed by atoms with van der Waals surface area (Å²) in [7, 11) is 1.30. The van der Waals surface area contributed by atoms with Gasteiger partial charge >= 0.3 is 12.0 Å². The quantitative estimate of drug-likeness (QED) is 0.703. The van der Waals surface area contributed by atoms with Gasteiger partial charge in [-0.15, -0.1) is 0 Å². The summed E-state index contributed by atoms with van der Waals surface area (Å²) < 4.78 is 10.6. The van der Waals surface area contributed by atoms with E-state index in [0.29, 0.717) is 32.6 Å². The monoisotopic (exact) mass is 420 g/mol. The van der Waals surface area contributed by atoms with Gasteiger partial charge in [-0.3, -0.25) is 0 Å². The van der Waals surface area contributed by atoms with Crippen molar-refractivity contribution in [1.29, 1.82) is 0 Å². The molecule has 2 aromatic rings. The number of halogens is 2. The van der Waals surface area contributed by atoms with E-state index < -0.39 is 12.0 Å². The lowest BCUT2D eigenvalue weighted by molar-refractivity contribution is -0.136. The van der Waals surface area contributed by atoms with Gasteiger partial charge in [0.1, 0.15) is 12.4 Å². The highest BCUT2D eigenvalue weighted by molar-refractivity contribution is 6.35. The molecule has 0 radical (unpaired) electrons. The molecule has 1 atom stereocenters. The molecule has 3 rings (SSSR count). The van der Waals surface area contributed by atoms with Gasteiger partial charge in [-0.05, 0) is 36.8 Å². The zero-order valence-corrected chi connectivity index (χ0v) is 16.7. The van der Waals surface area contributed by atoms with E-state index in [4.69, 9.17) is 32.7 Å². The van der Waals surface area contributed by atoms with Crippen molar-refractivity contribution >= 4 is 35.2 Å². The van der Waals surface area contributed by atoms with Gasteiger partial charge in [-0.2, -0.15) is 0 Å². The molecule has 28 heavy (non-hydrogen) atoms. The summed E-state index contributed by atoms with van der Waals surface area (Å²) in [5, 5.41) is 6.38. The Morgan fingerprint density at radius 2 is 1.75 bits per heavy atom. The summed E-state index contributed by atoms with van der Waals surface area (Å²) in [6.07, 6.45) is 0. The number of nitrogens with one attached hydrogen (secondary N) is 2. The number of allylic oxidation sites excluding steroid dienone is 1. The Kier molecular flexibility index (Phi) is 6.11. The molecule has 0 saturated carbocycles. The lowest BCUT2D eigenvalue weighted by atomic mass is 9.95. The molecule has 8 heteroatoms. The number of carbonyl (C=O) groups is 2. The van der Waals surface area contributed by atoms with E-state index in [1.165, 1.54) is 7.11 Å². The van der Waals surface area contributed by atoms with E-state index in [1.807, 2.05) is 0 Å². The predicted molar refractivity (Wildman–Crippen MR) is 106 cm³/mol. The van der Waals surface area contributed by atoms with Crippen LogP contribution in [0.1, 0.15) is 24.1 Å². The van der Waals surface area contributed by atoms with Gasteiger partial charge in [0.05, 0.1) is 18.7 Å². The second-order valence-corrected chi connectivity index (χ2v) is 6.93. The first-order valence-corrected chi connectivity index (χ1v) is 9.18. The summed E-state index contributed by atoms with van der Waals surface area (Å²) >= 11 is 12.3. The van der Waals surface area contributed by atoms with Gasteiger partial charge in [-0.25, -0.2) is 9.59 Å². The molecule has 1 aliphatic heterocycles. The maximum absolute atomic E-state index is 12.1. The second-order valence-electron chi connectivity index (χ2n) is 6.12. The lowest BCUT2D eigenvalue weighted by Gasteiger charge is -2.27. The Labute approximate surface area is 172 Å². The molecular weight excluding hydrogens is 403 g/mol. The van der Waals surface area contributed by atoms with Crippen LogP contribution in [0, 0.1) is 0 Å². The van der Waals surface area contributed by atoms with E-state index in [-0.39, 0.29) is 12.6 Å². The number of hydrogen-bond donors (Lipinski definition) is 2. The number of hydrogen-bond acceptors (Lipinski definition) is 4. The number of amides is 2. The summed E-state index contributed by atoms with van der Waals surface area (Å²) in [6, 6.07) is 11.3. The number of methoxy groups -OCH3 is 1. The third kappa shape index (κ3) is 4.24. The Morgan fingerprint density at radius 3 is 2.36 bits per heavy atom.